The van der Waals surface area contributed by atoms with E-state index in [0.717, 1.165) is 19.0 Å². The van der Waals surface area contributed by atoms with Crippen LogP contribution in [0.5, 0.6) is 0 Å². The van der Waals surface area contributed by atoms with Gasteiger partial charge in [-0.25, -0.2) is 8.78 Å². The lowest BCUT2D eigenvalue weighted by Crippen LogP contribution is -2.21. The van der Waals surface area contributed by atoms with E-state index in [4.69, 9.17) is 11.6 Å². The molecule has 1 unspecified atom stereocenters. The van der Waals surface area contributed by atoms with Crippen LogP contribution in [0, 0.1) is 11.6 Å². The first-order chi connectivity index (χ1) is 9.54. The van der Waals surface area contributed by atoms with Crippen molar-refractivity contribution in [2.75, 3.05) is 6.54 Å². The molecule has 1 N–H and O–H groups in total. The Balaban J connectivity index is 1.88. The normalized spacial score (nSPS) is 12.4. The van der Waals surface area contributed by atoms with E-state index in [0.29, 0.717) is 10.6 Å². The van der Waals surface area contributed by atoms with Crippen LogP contribution in [0.25, 0.3) is 0 Å². The summed E-state index contributed by atoms with van der Waals surface area (Å²) in [5.74, 6) is -1.10. The van der Waals surface area contributed by atoms with Crippen LogP contribution in [0.3, 0.4) is 0 Å². The Morgan fingerprint density at radius 1 is 1.05 bits per heavy atom. The van der Waals surface area contributed by atoms with Crippen molar-refractivity contribution >= 4 is 11.6 Å². The Morgan fingerprint density at radius 3 is 2.25 bits per heavy atom. The van der Waals surface area contributed by atoms with E-state index in [-0.39, 0.29) is 6.04 Å². The molecule has 20 heavy (non-hydrogen) atoms. The van der Waals surface area contributed by atoms with E-state index >= 15 is 0 Å². The standard InChI is InChI=1S/C16H16ClF2N/c1-11(13-8-15(18)10-16(19)9-13)20-7-6-12-2-4-14(17)5-3-12/h2-5,8-11,20H,6-7H2,1H3. The van der Waals surface area contributed by atoms with Crippen LogP contribution < -0.4 is 5.32 Å². The van der Waals surface area contributed by atoms with Gasteiger partial charge in [-0.15, -0.1) is 0 Å². The highest BCUT2D eigenvalue weighted by Crippen LogP contribution is 2.16. The van der Waals surface area contributed by atoms with Gasteiger partial charge in [-0.3, -0.25) is 0 Å². The van der Waals surface area contributed by atoms with Crippen LogP contribution in [-0.2, 0) is 6.42 Å². The largest absolute Gasteiger partial charge is 0.310 e. The molecule has 0 aliphatic heterocycles. The summed E-state index contributed by atoms with van der Waals surface area (Å²) < 4.78 is 26.3. The van der Waals surface area contributed by atoms with E-state index in [1.807, 2.05) is 31.2 Å². The fourth-order valence-corrected chi connectivity index (χ4v) is 2.15. The highest BCUT2D eigenvalue weighted by atomic mass is 35.5. The van der Waals surface area contributed by atoms with Crippen molar-refractivity contribution in [3.05, 3.63) is 70.2 Å². The van der Waals surface area contributed by atoms with Crippen LogP contribution in [-0.4, -0.2) is 6.54 Å². The van der Waals surface area contributed by atoms with Crippen molar-refractivity contribution in [1.29, 1.82) is 0 Å². The van der Waals surface area contributed by atoms with Gasteiger partial charge in [0.25, 0.3) is 0 Å². The molecule has 2 aromatic carbocycles. The molecule has 0 amide bonds. The quantitative estimate of drug-likeness (QED) is 0.855. The first kappa shape index (κ1) is 14.9. The minimum absolute atomic E-state index is 0.104. The van der Waals surface area contributed by atoms with Crippen LogP contribution in [0.2, 0.25) is 5.02 Å². The van der Waals surface area contributed by atoms with Crippen molar-refractivity contribution in [2.45, 2.75) is 19.4 Å². The van der Waals surface area contributed by atoms with Crippen molar-refractivity contribution in [3.63, 3.8) is 0 Å². The maximum absolute atomic E-state index is 13.1. The topological polar surface area (TPSA) is 12.0 Å². The zero-order chi connectivity index (χ0) is 14.5. The summed E-state index contributed by atoms with van der Waals surface area (Å²) in [7, 11) is 0. The molecule has 0 saturated heterocycles. The first-order valence-electron chi connectivity index (χ1n) is 6.48. The van der Waals surface area contributed by atoms with Crippen molar-refractivity contribution in [2.24, 2.45) is 0 Å². The molecule has 0 aromatic heterocycles. The van der Waals surface area contributed by atoms with Gasteiger partial charge in [0.1, 0.15) is 11.6 Å². The van der Waals surface area contributed by atoms with Crippen molar-refractivity contribution in [1.82, 2.24) is 5.32 Å². The van der Waals surface area contributed by atoms with Gasteiger partial charge in [0.05, 0.1) is 0 Å². The average Bonchev–Trinajstić information content (AvgIpc) is 2.40. The number of hydrogen-bond acceptors (Lipinski definition) is 1. The minimum atomic E-state index is -0.550. The molecule has 106 valence electrons. The second kappa shape index (κ2) is 6.82. The van der Waals surface area contributed by atoms with Crippen LogP contribution in [0.4, 0.5) is 8.78 Å². The van der Waals surface area contributed by atoms with Gasteiger partial charge in [-0.1, -0.05) is 23.7 Å². The Morgan fingerprint density at radius 2 is 1.65 bits per heavy atom. The zero-order valence-electron chi connectivity index (χ0n) is 11.2. The smallest absolute Gasteiger partial charge is 0.126 e. The fourth-order valence-electron chi connectivity index (χ4n) is 2.03. The van der Waals surface area contributed by atoms with Gasteiger partial charge < -0.3 is 5.32 Å². The Labute approximate surface area is 122 Å². The summed E-state index contributed by atoms with van der Waals surface area (Å²) in [6, 6.07) is 11.1. The number of nitrogens with one attached hydrogen (secondary N) is 1. The average molecular weight is 296 g/mol. The van der Waals surface area contributed by atoms with Gasteiger partial charge >= 0.3 is 0 Å². The minimum Gasteiger partial charge on any atom is -0.310 e. The third-order valence-electron chi connectivity index (χ3n) is 3.16. The molecule has 0 aliphatic carbocycles. The molecule has 1 nitrogen and oxygen atoms in total. The van der Waals surface area contributed by atoms with E-state index in [1.54, 1.807) is 0 Å². The number of hydrogen-bond donors (Lipinski definition) is 1. The second-order valence-corrected chi connectivity index (χ2v) is 5.19. The van der Waals surface area contributed by atoms with E-state index < -0.39 is 11.6 Å². The maximum Gasteiger partial charge on any atom is 0.126 e. The highest BCUT2D eigenvalue weighted by Gasteiger charge is 2.08. The van der Waals surface area contributed by atoms with Crippen LogP contribution in [0.15, 0.2) is 42.5 Å². The molecule has 1 atom stereocenters. The lowest BCUT2D eigenvalue weighted by atomic mass is 10.1. The first-order valence-corrected chi connectivity index (χ1v) is 6.86. The molecular weight excluding hydrogens is 280 g/mol. The fraction of sp³-hybridized carbons (Fsp3) is 0.250. The Hall–Kier alpha value is -1.45. The molecule has 0 aliphatic rings. The molecule has 0 radical (unpaired) electrons. The highest BCUT2D eigenvalue weighted by molar-refractivity contribution is 6.30. The number of benzene rings is 2. The summed E-state index contributed by atoms with van der Waals surface area (Å²) in [6.07, 6.45) is 0.833. The lowest BCUT2D eigenvalue weighted by molar-refractivity contribution is 0.547. The summed E-state index contributed by atoms with van der Waals surface area (Å²) in [6.45, 7) is 2.61. The third-order valence-corrected chi connectivity index (χ3v) is 3.41. The van der Waals surface area contributed by atoms with Gasteiger partial charge in [-0.2, -0.15) is 0 Å². The molecular formula is C16H16ClF2N. The summed E-state index contributed by atoms with van der Waals surface area (Å²) in [5.41, 5.74) is 1.78. The van der Waals surface area contributed by atoms with Crippen molar-refractivity contribution in [3.8, 4) is 0 Å². The molecule has 0 bridgehead atoms. The molecule has 4 heteroatoms. The van der Waals surface area contributed by atoms with E-state index in [9.17, 15) is 8.78 Å². The SMILES string of the molecule is CC(NCCc1ccc(Cl)cc1)c1cc(F)cc(F)c1. The van der Waals surface area contributed by atoms with E-state index in [1.165, 1.54) is 17.7 Å². The monoisotopic (exact) mass is 295 g/mol. The Kier molecular flexibility index (Phi) is 5.10. The molecule has 0 heterocycles. The van der Waals surface area contributed by atoms with Gasteiger partial charge in [-0.05, 0) is 55.3 Å². The predicted octanol–water partition coefficient (Wildman–Crippen LogP) is 4.51. The lowest BCUT2D eigenvalue weighted by Gasteiger charge is -2.14. The van der Waals surface area contributed by atoms with Gasteiger partial charge in [0.15, 0.2) is 0 Å². The molecule has 0 saturated carbocycles. The molecule has 0 fully saturated rings. The summed E-state index contributed by atoms with van der Waals surface area (Å²) >= 11 is 5.82. The zero-order valence-corrected chi connectivity index (χ0v) is 11.9. The number of halogens is 3. The van der Waals surface area contributed by atoms with E-state index in [2.05, 4.69) is 5.32 Å². The summed E-state index contributed by atoms with van der Waals surface area (Å²) in [4.78, 5) is 0. The van der Waals surface area contributed by atoms with Gasteiger partial charge in [0, 0.05) is 17.1 Å². The number of rotatable bonds is 5. The maximum atomic E-state index is 13.1. The second-order valence-electron chi connectivity index (χ2n) is 4.76. The van der Waals surface area contributed by atoms with Crippen LogP contribution >= 0.6 is 11.6 Å². The van der Waals surface area contributed by atoms with Crippen LogP contribution in [0.1, 0.15) is 24.1 Å². The van der Waals surface area contributed by atoms with Gasteiger partial charge in [0.2, 0.25) is 0 Å². The Bertz CT molecular complexity index is 549. The molecule has 2 rings (SSSR count). The third kappa shape index (κ3) is 4.29. The van der Waals surface area contributed by atoms with Crippen molar-refractivity contribution < 1.29 is 8.78 Å². The predicted molar refractivity (Wildman–Crippen MR) is 77.9 cm³/mol. The summed E-state index contributed by atoms with van der Waals surface area (Å²) in [5, 5.41) is 3.96. The molecule has 2 aromatic rings. The molecule has 0 spiro atoms.